The predicted octanol–water partition coefficient (Wildman–Crippen LogP) is 2.12. The maximum Gasteiger partial charge on any atom is 0.445 e. The van der Waals surface area contributed by atoms with Crippen LogP contribution in [-0.4, -0.2) is 47.1 Å². The lowest BCUT2D eigenvalue weighted by Crippen LogP contribution is -2.54. The molecule has 1 aromatic carbocycles. The Morgan fingerprint density at radius 3 is 2.75 bits per heavy atom. The van der Waals surface area contributed by atoms with Gasteiger partial charge in [0.05, 0.1) is 13.7 Å². The summed E-state index contributed by atoms with van der Waals surface area (Å²) in [7, 11) is 1.63. The number of fused-ring (bicyclic) bond motifs is 1. The fourth-order valence-corrected chi connectivity index (χ4v) is 2.93. The summed E-state index contributed by atoms with van der Waals surface area (Å²) in [5.41, 5.74) is 1.98. The zero-order chi connectivity index (χ0) is 17.3. The summed E-state index contributed by atoms with van der Waals surface area (Å²) < 4.78 is 7.02. The van der Waals surface area contributed by atoms with Gasteiger partial charge >= 0.3 is 11.9 Å². The van der Waals surface area contributed by atoms with Gasteiger partial charge in [-0.05, 0) is 25.0 Å². The summed E-state index contributed by atoms with van der Waals surface area (Å²) in [6.07, 6.45) is 3.25. The molecule has 0 bridgehead atoms. The highest BCUT2D eigenvalue weighted by atomic mass is 16.5. The van der Waals surface area contributed by atoms with Gasteiger partial charge in [-0.3, -0.25) is 4.79 Å². The van der Waals surface area contributed by atoms with Crippen LogP contribution in [0.3, 0.4) is 0 Å². The minimum Gasteiger partial charge on any atom is -0.497 e. The molecule has 0 N–H and O–H groups in total. The zero-order valence-electron chi connectivity index (χ0n) is 14.0. The third-order valence-corrected chi connectivity index (χ3v) is 4.26. The fourth-order valence-electron chi connectivity index (χ4n) is 2.93. The van der Waals surface area contributed by atoms with Gasteiger partial charge < -0.3 is 4.74 Å². The minimum atomic E-state index is -0.665. The van der Waals surface area contributed by atoms with Crippen LogP contribution in [0, 0.1) is 12.8 Å². The first-order valence-electron chi connectivity index (χ1n) is 7.92. The molecule has 0 aliphatic carbocycles. The summed E-state index contributed by atoms with van der Waals surface area (Å²) in [5.74, 6) is -0.0202. The van der Waals surface area contributed by atoms with E-state index >= 15 is 0 Å². The van der Waals surface area contributed by atoms with E-state index in [-0.39, 0.29) is 18.5 Å². The van der Waals surface area contributed by atoms with E-state index in [0.717, 1.165) is 11.1 Å². The lowest BCUT2D eigenvalue weighted by molar-refractivity contribution is -0.409. The third-order valence-electron chi connectivity index (χ3n) is 4.26. The number of carbonyl (C=O) groups excluding carboxylic acids is 2. The predicted molar refractivity (Wildman–Crippen MR) is 90.0 cm³/mol. The lowest BCUT2D eigenvalue weighted by atomic mass is 9.98. The average Bonchev–Trinajstić information content (AvgIpc) is 2.58. The molecule has 124 valence electrons. The molecule has 3 amide bonds. The number of aryl methyl sites for hydroxylation is 1. The molecule has 6 nitrogen and oxygen atoms in total. The smallest absolute Gasteiger partial charge is 0.445 e. The van der Waals surface area contributed by atoms with Crippen molar-refractivity contribution in [1.82, 2.24) is 4.90 Å². The summed E-state index contributed by atoms with van der Waals surface area (Å²) in [6, 6.07) is 7.35. The van der Waals surface area contributed by atoms with E-state index in [0.29, 0.717) is 18.2 Å². The van der Waals surface area contributed by atoms with Crippen LogP contribution >= 0.6 is 0 Å². The molecular weight excluding hydrogens is 306 g/mol. The maximum absolute atomic E-state index is 13.0. The Morgan fingerprint density at radius 2 is 2.04 bits per heavy atom. The Kier molecular flexibility index (Phi) is 4.29. The number of carbonyl (C=O) groups is 2. The van der Waals surface area contributed by atoms with Crippen molar-refractivity contribution >= 4 is 24.0 Å². The number of urea groups is 1. The molecule has 0 spiro atoms. The average molecular weight is 326 g/mol. The Morgan fingerprint density at radius 1 is 1.29 bits per heavy atom. The Hall–Kier alpha value is -2.76. The SMILES string of the molecule is CCOC1=CC=NC2=[N+](C)C(=O)N(Cc3ccccc3C)C(=O)C12. The van der Waals surface area contributed by atoms with E-state index in [4.69, 9.17) is 4.74 Å². The molecule has 2 heterocycles. The standard InChI is InChI=1S/C18H20N3O3/c1-4-24-14-9-10-19-16-15(14)17(22)21(18(23)20(16)3)11-13-8-6-5-7-12(13)2/h5-10,15H,4,11H2,1-3H3/q+1. The molecule has 2 aliphatic heterocycles. The maximum atomic E-state index is 13.0. The zero-order valence-corrected chi connectivity index (χ0v) is 14.0. The number of nitrogens with zero attached hydrogens (tertiary/aromatic N) is 3. The molecule has 1 aromatic rings. The van der Waals surface area contributed by atoms with E-state index in [1.54, 1.807) is 19.3 Å². The number of dihydropyridines is 1. The molecule has 6 heteroatoms. The van der Waals surface area contributed by atoms with Crippen LogP contribution < -0.4 is 0 Å². The van der Waals surface area contributed by atoms with Crippen LogP contribution in [0.5, 0.6) is 0 Å². The molecule has 0 aromatic heterocycles. The monoisotopic (exact) mass is 326 g/mol. The van der Waals surface area contributed by atoms with Crippen molar-refractivity contribution < 1.29 is 18.9 Å². The number of imide groups is 1. The van der Waals surface area contributed by atoms with Crippen LogP contribution in [0.2, 0.25) is 0 Å². The highest BCUT2D eigenvalue weighted by Crippen LogP contribution is 2.26. The van der Waals surface area contributed by atoms with Crippen LogP contribution in [0.1, 0.15) is 18.1 Å². The van der Waals surface area contributed by atoms with E-state index in [1.165, 1.54) is 9.48 Å². The molecular formula is C18H20N3O3+. The van der Waals surface area contributed by atoms with Gasteiger partial charge in [-0.2, -0.15) is 9.48 Å². The van der Waals surface area contributed by atoms with Gasteiger partial charge in [-0.15, -0.1) is 4.99 Å². The molecule has 0 fully saturated rings. The Balaban J connectivity index is 1.99. The van der Waals surface area contributed by atoms with Crippen LogP contribution in [0.4, 0.5) is 4.79 Å². The molecule has 0 radical (unpaired) electrons. The quantitative estimate of drug-likeness (QED) is 0.796. The number of hydrogen-bond acceptors (Lipinski definition) is 4. The molecule has 2 aliphatic rings. The summed E-state index contributed by atoms with van der Waals surface area (Å²) in [6.45, 7) is 4.51. The van der Waals surface area contributed by atoms with Gasteiger partial charge in [-0.1, -0.05) is 24.3 Å². The van der Waals surface area contributed by atoms with Gasteiger partial charge in [-0.25, -0.2) is 4.79 Å². The molecule has 3 rings (SSSR count). The van der Waals surface area contributed by atoms with Crippen molar-refractivity contribution in [1.29, 1.82) is 0 Å². The first-order valence-corrected chi connectivity index (χ1v) is 7.92. The summed E-state index contributed by atoms with van der Waals surface area (Å²) in [5, 5.41) is 0. The molecule has 1 unspecified atom stereocenters. The van der Waals surface area contributed by atoms with E-state index in [1.807, 2.05) is 38.1 Å². The Bertz CT molecular complexity index is 792. The van der Waals surface area contributed by atoms with Gasteiger partial charge in [0.1, 0.15) is 18.5 Å². The number of allylic oxidation sites excluding steroid dienone is 1. The topological polar surface area (TPSA) is 62.0 Å². The molecule has 1 atom stereocenters. The van der Waals surface area contributed by atoms with Crippen molar-refractivity contribution in [3.05, 3.63) is 47.2 Å². The third kappa shape index (κ3) is 2.64. The molecule has 0 saturated heterocycles. The number of amidine groups is 1. The van der Waals surface area contributed by atoms with Gasteiger partial charge in [0.25, 0.3) is 5.84 Å². The number of ether oxygens (including phenoxy) is 1. The van der Waals surface area contributed by atoms with Gasteiger partial charge in [0.15, 0.2) is 5.92 Å². The van der Waals surface area contributed by atoms with E-state index in [9.17, 15) is 9.59 Å². The molecule has 24 heavy (non-hydrogen) atoms. The van der Waals surface area contributed by atoms with Crippen LogP contribution in [0.15, 0.2) is 41.1 Å². The highest BCUT2D eigenvalue weighted by Gasteiger charge is 2.49. The van der Waals surface area contributed by atoms with E-state index < -0.39 is 5.92 Å². The van der Waals surface area contributed by atoms with Crippen molar-refractivity contribution in [3.63, 3.8) is 0 Å². The lowest BCUT2D eigenvalue weighted by Gasteiger charge is -2.28. The number of aliphatic imine (C=N–C) groups is 1. The second-order valence-corrected chi connectivity index (χ2v) is 5.76. The van der Waals surface area contributed by atoms with Gasteiger partial charge in [0.2, 0.25) is 0 Å². The largest absolute Gasteiger partial charge is 0.497 e. The normalized spacial score (nSPS) is 20.2. The number of hydrogen-bond donors (Lipinski definition) is 0. The van der Waals surface area contributed by atoms with Crippen molar-refractivity contribution in [2.24, 2.45) is 10.9 Å². The highest BCUT2D eigenvalue weighted by molar-refractivity contribution is 6.15. The first kappa shape index (κ1) is 16.1. The second kappa shape index (κ2) is 6.39. The minimum absolute atomic E-state index is 0.238. The van der Waals surface area contributed by atoms with Crippen LogP contribution in [-0.2, 0) is 16.1 Å². The Labute approximate surface area is 140 Å². The van der Waals surface area contributed by atoms with Crippen molar-refractivity contribution in [2.45, 2.75) is 20.4 Å². The summed E-state index contributed by atoms with van der Waals surface area (Å²) in [4.78, 5) is 31.1. The number of rotatable bonds is 4. The van der Waals surface area contributed by atoms with E-state index in [2.05, 4.69) is 4.99 Å². The van der Waals surface area contributed by atoms with Crippen molar-refractivity contribution in [3.8, 4) is 0 Å². The number of amides is 3. The van der Waals surface area contributed by atoms with Gasteiger partial charge in [0, 0.05) is 6.08 Å². The first-order chi connectivity index (χ1) is 11.5. The fraction of sp³-hybridized carbons (Fsp3) is 0.333. The summed E-state index contributed by atoms with van der Waals surface area (Å²) >= 11 is 0. The second-order valence-electron chi connectivity index (χ2n) is 5.76. The number of benzene rings is 1. The van der Waals surface area contributed by atoms with Crippen molar-refractivity contribution in [2.75, 3.05) is 13.7 Å². The van der Waals surface area contributed by atoms with Crippen LogP contribution in [0.25, 0.3) is 0 Å². The molecule has 0 saturated carbocycles.